The van der Waals surface area contributed by atoms with Crippen molar-refractivity contribution in [2.24, 2.45) is 0 Å². The van der Waals surface area contributed by atoms with Gasteiger partial charge in [0.15, 0.2) is 0 Å². The molecule has 0 atom stereocenters. The SMILES string of the molecule is C=C(C)/C(C)=C/S. The van der Waals surface area contributed by atoms with Crippen LogP contribution in [0.25, 0.3) is 0 Å². The van der Waals surface area contributed by atoms with Crippen molar-refractivity contribution in [3.05, 3.63) is 23.1 Å². The lowest BCUT2D eigenvalue weighted by atomic mass is 10.2. The van der Waals surface area contributed by atoms with Crippen LogP contribution in [0.1, 0.15) is 13.8 Å². The Morgan fingerprint density at radius 2 is 2.00 bits per heavy atom. The van der Waals surface area contributed by atoms with Gasteiger partial charge < -0.3 is 0 Å². The summed E-state index contributed by atoms with van der Waals surface area (Å²) in [6, 6.07) is 0. The van der Waals surface area contributed by atoms with Gasteiger partial charge in [-0.15, -0.1) is 0 Å². The second-order valence-electron chi connectivity index (χ2n) is 1.59. The largest absolute Gasteiger partial charge is 0.151 e. The molecule has 40 valence electrons. The first-order valence-electron chi connectivity index (χ1n) is 2.15. The van der Waals surface area contributed by atoms with Crippen LogP contribution in [0.3, 0.4) is 0 Å². The first-order valence-corrected chi connectivity index (χ1v) is 2.67. The van der Waals surface area contributed by atoms with Gasteiger partial charge in [0.2, 0.25) is 0 Å². The van der Waals surface area contributed by atoms with Crippen LogP contribution in [0, 0.1) is 0 Å². The highest BCUT2D eigenvalue weighted by Gasteiger charge is 1.81. The zero-order chi connectivity index (χ0) is 5.86. The quantitative estimate of drug-likeness (QED) is 0.393. The van der Waals surface area contributed by atoms with E-state index in [1.165, 1.54) is 0 Å². The van der Waals surface area contributed by atoms with E-state index < -0.39 is 0 Å². The van der Waals surface area contributed by atoms with E-state index >= 15 is 0 Å². The monoisotopic (exact) mass is 114 g/mol. The fourth-order valence-electron chi connectivity index (χ4n) is 0.110. The van der Waals surface area contributed by atoms with E-state index in [9.17, 15) is 0 Å². The van der Waals surface area contributed by atoms with Gasteiger partial charge in [-0.2, -0.15) is 12.6 Å². The van der Waals surface area contributed by atoms with Crippen LogP contribution in [0.5, 0.6) is 0 Å². The van der Waals surface area contributed by atoms with Gasteiger partial charge in [0.1, 0.15) is 0 Å². The second kappa shape index (κ2) is 2.92. The molecular formula is C6H10S. The van der Waals surface area contributed by atoms with Crippen LogP contribution in [-0.2, 0) is 0 Å². The topological polar surface area (TPSA) is 0 Å². The van der Waals surface area contributed by atoms with Crippen molar-refractivity contribution in [1.82, 2.24) is 0 Å². The van der Waals surface area contributed by atoms with Crippen LogP contribution in [0.4, 0.5) is 0 Å². The summed E-state index contributed by atoms with van der Waals surface area (Å²) in [5.74, 6) is 0. The number of rotatable bonds is 1. The lowest BCUT2D eigenvalue weighted by Gasteiger charge is -1.91. The van der Waals surface area contributed by atoms with E-state index in [4.69, 9.17) is 0 Å². The van der Waals surface area contributed by atoms with Gasteiger partial charge >= 0.3 is 0 Å². The number of hydrogen-bond donors (Lipinski definition) is 1. The Kier molecular flexibility index (Phi) is 2.84. The standard InChI is InChI=1S/C6H10S/c1-5(2)6(3)4-7/h4,7H,1H2,2-3H3/b6-4+. The minimum Gasteiger partial charge on any atom is -0.151 e. The van der Waals surface area contributed by atoms with Gasteiger partial charge in [0.05, 0.1) is 0 Å². The zero-order valence-corrected chi connectivity index (χ0v) is 5.63. The van der Waals surface area contributed by atoms with Gasteiger partial charge in [0, 0.05) is 0 Å². The summed E-state index contributed by atoms with van der Waals surface area (Å²) in [6.07, 6.45) is 0. The Morgan fingerprint density at radius 3 is 2.00 bits per heavy atom. The van der Waals surface area contributed by atoms with E-state index in [0.717, 1.165) is 11.1 Å². The number of hydrogen-bond acceptors (Lipinski definition) is 1. The van der Waals surface area contributed by atoms with E-state index in [2.05, 4.69) is 19.2 Å². The molecular weight excluding hydrogens is 104 g/mol. The minimum absolute atomic E-state index is 1.08. The average Bonchev–Trinajstić information content (AvgIpc) is 1.65. The molecule has 0 aromatic rings. The van der Waals surface area contributed by atoms with Crippen molar-refractivity contribution in [2.75, 3.05) is 0 Å². The molecule has 0 N–H and O–H groups in total. The molecule has 0 fully saturated rings. The third-order valence-electron chi connectivity index (χ3n) is 0.867. The van der Waals surface area contributed by atoms with Gasteiger partial charge in [0.25, 0.3) is 0 Å². The highest BCUT2D eigenvalue weighted by Crippen LogP contribution is 2.04. The van der Waals surface area contributed by atoms with Gasteiger partial charge in [-0.1, -0.05) is 12.2 Å². The fraction of sp³-hybridized carbons (Fsp3) is 0.333. The molecule has 7 heavy (non-hydrogen) atoms. The molecule has 0 saturated carbocycles. The highest BCUT2D eigenvalue weighted by atomic mass is 32.1. The van der Waals surface area contributed by atoms with Crippen molar-refractivity contribution in [1.29, 1.82) is 0 Å². The lowest BCUT2D eigenvalue weighted by Crippen LogP contribution is -1.70. The molecule has 0 bridgehead atoms. The van der Waals surface area contributed by atoms with Crippen LogP contribution in [0.15, 0.2) is 23.1 Å². The van der Waals surface area contributed by atoms with Gasteiger partial charge in [-0.25, -0.2) is 0 Å². The van der Waals surface area contributed by atoms with Crippen molar-refractivity contribution in [3.63, 3.8) is 0 Å². The van der Waals surface area contributed by atoms with Crippen LogP contribution < -0.4 is 0 Å². The van der Waals surface area contributed by atoms with Crippen molar-refractivity contribution < 1.29 is 0 Å². The molecule has 0 rings (SSSR count). The third kappa shape index (κ3) is 2.52. The summed E-state index contributed by atoms with van der Waals surface area (Å²) < 4.78 is 0. The molecule has 0 amide bonds. The normalized spacial score (nSPS) is 11.6. The molecule has 0 aliphatic heterocycles. The number of allylic oxidation sites excluding steroid dienone is 2. The second-order valence-corrected chi connectivity index (χ2v) is 1.85. The summed E-state index contributed by atoms with van der Waals surface area (Å²) in [5.41, 5.74) is 2.22. The predicted octanol–water partition coefficient (Wildman–Crippen LogP) is 2.40. The van der Waals surface area contributed by atoms with Crippen molar-refractivity contribution in [2.45, 2.75) is 13.8 Å². The van der Waals surface area contributed by atoms with Crippen molar-refractivity contribution >= 4 is 12.6 Å². The Labute approximate surface area is 50.3 Å². The molecule has 0 aromatic carbocycles. The van der Waals surface area contributed by atoms with E-state index in [1.54, 1.807) is 5.41 Å². The van der Waals surface area contributed by atoms with Crippen LogP contribution >= 0.6 is 12.6 Å². The van der Waals surface area contributed by atoms with Gasteiger partial charge in [-0.05, 0) is 24.8 Å². The molecule has 0 unspecified atom stereocenters. The highest BCUT2D eigenvalue weighted by molar-refractivity contribution is 7.83. The maximum atomic E-state index is 3.93. The first kappa shape index (κ1) is 6.83. The Morgan fingerprint density at radius 1 is 1.57 bits per heavy atom. The maximum Gasteiger partial charge on any atom is -0.0292 e. The summed E-state index contributed by atoms with van der Waals surface area (Å²) in [5, 5.41) is 1.75. The van der Waals surface area contributed by atoms with Crippen LogP contribution in [-0.4, -0.2) is 0 Å². The van der Waals surface area contributed by atoms with E-state index in [0.29, 0.717) is 0 Å². The maximum absolute atomic E-state index is 3.93. The Balaban J connectivity index is 3.82. The zero-order valence-electron chi connectivity index (χ0n) is 4.73. The molecule has 0 saturated heterocycles. The third-order valence-corrected chi connectivity index (χ3v) is 1.25. The van der Waals surface area contributed by atoms with Gasteiger partial charge in [-0.3, -0.25) is 0 Å². The Hall–Kier alpha value is -0.170. The van der Waals surface area contributed by atoms with Crippen LogP contribution in [0.2, 0.25) is 0 Å². The molecule has 0 aliphatic rings. The summed E-state index contributed by atoms with van der Waals surface area (Å²) in [6.45, 7) is 7.65. The molecule has 0 aromatic heterocycles. The first-order chi connectivity index (χ1) is 3.18. The minimum atomic E-state index is 1.08. The van der Waals surface area contributed by atoms with E-state index in [1.807, 2.05) is 13.8 Å². The molecule has 0 nitrogen and oxygen atoms in total. The summed E-state index contributed by atoms with van der Waals surface area (Å²) in [4.78, 5) is 0. The molecule has 0 radical (unpaired) electrons. The molecule has 0 spiro atoms. The van der Waals surface area contributed by atoms with E-state index in [-0.39, 0.29) is 0 Å². The molecule has 0 heterocycles. The predicted molar refractivity (Wildman–Crippen MR) is 37.6 cm³/mol. The summed E-state index contributed by atoms with van der Waals surface area (Å²) in [7, 11) is 0. The average molecular weight is 114 g/mol. The number of thiol groups is 1. The smallest absolute Gasteiger partial charge is 0.0292 e. The fourth-order valence-corrected chi connectivity index (χ4v) is 0.331. The molecule has 1 heteroatoms. The summed E-state index contributed by atoms with van der Waals surface area (Å²) >= 11 is 3.93. The Bertz CT molecular complexity index is 101. The van der Waals surface area contributed by atoms with Crippen molar-refractivity contribution in [3.8, 4) is 0 Å². The molecule has 0 aliphatic carbocycles. The lowest BCUT2D eigenvalue weighted by molar-refractivity contribution is 1.38.